The van der Waals surface area contributed by atoms with E-state index in [2.05, 4.69) is 4.98 Å². The maximum atomic E-state index is 11.9. The number of hydrogen-bond donors (Lipinski definition) is 1. The standard InChI is InChI=1S/C13H18N4O2/c1-16-6-7-17(12(18)9-16)8-10(13(14)19)11-4-2-3-5-15-11/h2-5,10H,6-9H2,1H3,(H2,14,19). The number of carbonyl (C=O) groups excluding carboxylic acids is 2. The van der Waals surface area contributed by atoms with E-state index in [0.29, 0.717) is 25.3 Å². The number of hydrogen-bond acceptors (Lipinski definition) is 4. The van der Waals surface area contributed by atoms with Gasteiger partial charge in [-0.15, -0.1) is 0 Å². The van der Waals surface area contributed by atoms with Crippen LogP contribution in [-0.4, -0.2) is 59.8 Å². The van der Waals surface area contributed by atoms with Gasteiger partial charge in [0.2, 0.25) is 11.8 Å². The summed E-state index contributed by atoms with van der Waals surface area (Å²) < 4.78 is 0. The molecule has 2 amide bonds. The quantitative estimate of drug-likeness (QED) is 0.787. The summed E-state index contributed by atoms with van der Waals surface area (Å²) in [5.74, 6) is -0.977. The molecular formula is C13H18N4O2. The number of pyridine rings is 1. The zero-order valence-corrected chi connectivity index (χ0v) is 11.0. The fourth-order valence-corrected chi connectivity index (χ4v) is 2.15. The van der Waals surface area contributed by atoms with Crippen LogP contribution in [0.2, 0.25) is 0 Å². The van der Waals surface area contributed by atoms with Gasteiger partial charge >= 0.3 is 0 Å². The van der Waals surface area contributed by atoms with Crippen molar-refractivity contribution >= 4 is 11.8 Å². The predicted octanol–water partition coefficient (Wildman–Crippen LogP) is -0.575. The topological polar surface area (TPSA) is 79.5 Å². The van der Waals surface area contributed by atoms with Crippen LogP contribution in [0.5, 0.6) is 0 Å². The summed E-state index contributed by atoms with van der Waals surface area (Å²) in [6.07, 6.45) is 1.62. The first-order valence-electron chi connectivity index (χ1n) is 6.24. The van der Waals surface area contributed by atoms with Gasteiger partial charge in [0.25, 0.3) is 0 Å². The highest BCUT2D eigenvalue weighted by atomic mass is 16.2. The molecule has 2 heterocycles. The van der Waals surface area contributed by atoms with E-state index in [-0.39, 0.29) is 5.91 Å². The lowest BCUT2D eigenvalue weighted by molar-refractivity contribution is -0.136. The van der Waals surface area contributed by atoms with E-state index in [1.54, 1.807) is 23.2 Å². The lowest BCUT2D eigenvalue weighted by atomic mass is 10.0. The molecule has 0 aliphatic carbocycles. The van der Waals surface area contributed by atoms with Gasteiger partial charge in [-0.3, -0.25) is 19.5 Å². The van der Waals surface area contributed by atoms with Gasteiger partial charge in [0.15, 0.2) is 0 Å². The van der Waals surface area contributed by atoms with Crippen molar-refractivity contribution in [2.24, 2.45) is 5.73 Å². The fraction of sp³-hybridized carbons (Fsp3) is 0.462. The van der Waals surface area contributed by atoms with Gasteiger partial charge in [-0.2, -0.15) is 0 Å². The third kappa shape index (κ3) is 3.29. The number of nitrogens with zero attached hydrogens (tertiary/aromatic N) is 3. The van der Waals surface area contributed by atoms with Gasteiger partial charge < -0.3 is 10.6 Å². The summed E-state index contributed by atoms with van der Waals surface area (Å²) in [4.78, 5) is 31.3. The van der Waals surface area contributed by atoms with Crippen molar-refractivity contribution in [3.63, 3.8) is 0 Å². The second kappa shape index (κ2) is 5.79. The number of amides is 2. The molecular weight excluding hydrogens is 244 g/mol. The predicted molar refractivity (Wildman–Crippen MR) is 70.2 cm³/mol. The lowest BCUT2D eigenvalue weighted by Crippen LogP contribution is -2.50. The number of aromatic nitrogens is 1. The minimum absolute atomic E-state index is 0.0240. The van der Waals surface area contributed by atoms with Crippen molar-refractivity contribution in [2.45, 2.75) is 5.92 Å². The molecule has 1 aliphatic rings. The number of nitrogens with two attached hydrogens (primary N) is 1. The third-order valence-electron chi connectivity index (χ3n) is 3.30. The van der Waals surface area contributed by atoms with Crippen LogP contribution in [0.3, 0.4) is 0 Å². The summed E-state index contributed by atoms with van der Waals surface area (Å²) >= 11 is 0. The van der Waals surface area contributed by atoms with Crippen molar-refractivity contribution in [1.29, 1.82) is 0 Å². The molecule has 1 aromatic rings. The maximum Gasteiger partial charge on any atom is 0.236 e. The highest BCUT2D eigenvalue weighted by Gasteiger charge is 2.28. The van der Waals surface area contributed by atoms with Crippen LogP contribution in [0.4, 0.5) is 0 Å². The minimum atomic E-state index is -0.548. The van der Waals surface area contributed by atoms with Crippen molar-refractivity contribution in [3.8, 4) is 0 Å². The zero-order valence-electron chi connectivity index (χ0n) is 11.0. The Morgan fingerprint density at radius 3 is 2.84 bits per heavy atom. The van der Waals surface area contributed by atoms with Crippen LogP contribution in [0.25, 0.3) is 0 Å². The number of primary amides is 1. The van der Waals surface area contributed by atoms with E-state index >= 15 is 0 Å². The highest BCUT2D eigenvalue weighted by molar-refractivity contribution is 5.84. The van der Waals surface area contributed by atoms with Crippen LogP contribution >= 0.6 is 0 Å². The maximum absolute atomic E-state index is 11.9. The van der Waals surface area contributed by atoms with E-state index in [4.69, 9.17) is 5.73 Å². The fourth-order valence-electron chi connectivity index (χ4n) is 2.15. The Morgan fingerprint density at radius 2 is 2.26 bits per heavy atom. The molecule has 0 bridgehead atoms. The molecule has 0 spiro atoms. The Kier molecular flexibility index (Phi) is 4.11. The summed E-state index contributed by atoms with van der Waals surface area (Å²) in [7, 11) is 1.90. The molecule has 1 fully saturated rings. The van der Waals surface area contributed by atoms with Gasteiger partial charge in [0, 0.05) is 25.8 Å². The second-order valence-corrected chi connectivity index (χ2v) is 4.79. The van der Waals surface area contributed by atoms with Crippen LogP contribution in [0, 0.1) is 0 Å². The molecule has 19 heavy (non-hydrogen) atoms. The zero-order chi connectivity index (χ0) is 13.8. The van der Waals surface area contributed by atoms with Gasteiger partial charge in [0.1, 0.15) is 0 Å². The first-order valence-corrected chi connectivity index (χ1v) is 6.24. The largest absolute Gasteiger partial charge is 0.369 e. The van der Waals surface area contributed by atoms with E-state index in [9.17, 15) is 9.59 Å². The van der Waals surface area contributed by atoms with Crippen molar-refractivity contribution in [2.75, 3.05) is 33.2 Å². The molecule has 1 aliphatic heterocycles. The SMILES string of the molecule is CN1CCN(CC(C(N)=O)c2ccccn2)C(=O)C1. The Bertz CT molecular complexity index is 463. The summed E-state index contributed by atoms with van der Waals surface area (Å²) in [5.41, 5.74) is 6.04. The molecule has 6 heteroatoms. The van der Waals surface area contributed by atoms with E-state index in [1.165, 1.54) is 0 Å². The first-order chi connectivity index (χ1) is 9.08. The van der Waals surface area contributed by atoms with Crippen LogP contribution in [-0.2, 0) is 9.59 Å². The number of carbonyl (C=O) groups is 2. The lowest BCUT2D eigenvalue weighted by Gasteiger charge is -2.33. The summed E-state index contributed by atoms with van der Waals surface area (Å²) in [6, 6.07) is 5.35. The molecule has 0 saturated carbocycles. The molecule has 1 atom stereocenters. The molecule has 0 aromatic carbocycles. The Morgan fingerprint density at radius 1 is 1.47 bits per heavy atom. The van der Waals surface area contributed by atoms with Crippen molar-refractivity contribution in [1.82, 2.24) is 14.8 Å². The monoisotopic (exact) mass is 262 g/mol. The third-order valence-corrected chi connectivity index (χ3v) is 3.30. The van der Waals surface area contributed by atoms with Crippen LogP contribution < -0.4 is 5.73 Å². The van der Waals surface area contributed by atoms with Crippen molar-refractivity contribution in [3.05, 3.63) is 30.1 Å². The van der Waals surface area contributed by atoms with Gasteiger partial charge in [-0.05, 0) is 19.2 Å². The summed E-state index contributed by atoms with van der Waals surface area (Å²) in [6.45, 7) is 2.11. The minimum Gasteiger partial charge on any atom is -0.369 e. The van der Waals surface area contributed by atoms with Crippen LogP contribution in [0.15, 0.2) is 24.4 Å². The molecule has 2 N–H and O–H groups in total. The highest BCUT2D eigenvalue weighted by Crippen LogP contribution is 2.15. The number of piperazine rings is 1. The Balaban J connectivity index is 2.10. The molecule has 1 aromatic heterocycles. The Labute approximate surface area is 112 Å². The van der Waals surface area contributed by atoms with Gasteiger partial charge in [-0.25, -0.2) is 0 Å². The summed E-state index contributed by atoms with van der Waals surface area (Å²) in [5, 5.41) is 0. The molecule has 102 valence electrons. The van der Waals surface area contributed by atoms with Gasteiger partial charge in [0.05, 0.1) is 18.2 Å². The Hall–Kier alpha value is -1.95. The molecule has 1 saturated heterocycles. The average Bonchev–Trinajstić information content (AvgIpc) is 2.38. The number of likely N-dealkylation sites (N-methyl/N-ethyl adjacent to an activating group) is 1. The molecule has 2 rings (SSSR count). The van der Waals surface area contributed by atoms with Crippen LogP contribution in [0.1, 0.15) is 11.6 Å². The van der Waals surface area contributed by atoms with Crippen molar-refractivity contribution < 1.29 is 9.59 Å². The second-order valence-electron chi connectivity index (χ2n) is 4.79. The van der Waals surface area contributed by atoms with E-state index in [1.807, 2.05) is 18.0 Å². The number of rotatable bonds is 4. The average molecular weight is 262 g/mol. The normalized spacial score (nSPS) is 18.4. The molecule has 1 unspecified atom stereocenters. The van der Waals surface area contributed by atoms with E-state index in [0.717, 1.165) is 6.54 Å². The first kappa shape index (κ1) is 13.5. The van der Waals surface area contributed by atoms with E-state index < -0.39 is 11.8 Å². The van der Waals surface area contributed by atoms with Gasteiger partial charge in [-0.1, -0.05) is 6.07 Å². The smallest absolute Gasteiger partial charge is 0.236 e. The molecule has 6 nitrogen and oxygen atoms in total. The molecule has 0 radical (unpaired) electrons.